The van der Waals surface area contributed by atoms with Gasteiger partial charge in [-0.15, -0.1) is 0 Å². The average molecular weight is 376 g/mol. The first-order chi connectivity index (χ1) is 12.1. The van der Waals surface area contributed by atoms with Crippen LogP contribution in [0.15, 0.2) is 60.8 Å². The van der Waals surface area contributed by atoms with E-state index < -0.39 is 0 Å². The minimum atomic E-state index is -0.305. The molecule has 3 rings (SSSR count). The normalized spacial score (nSPS) is 10.5. The highest BCUT2D eigenvalue weighted by Crippen LogP contribution is 2.27. The molecule has 0 aliphatic rings. The highest BCUT2D eigenvalue weighted by molar-refractivity contribution is 6.35. The molecule has 0 aliphatic heterocycles. The molecule has 5 nitrogen and oxygen atoms in total. The van der Waals surface area contributed by atoms with E-state index in [0.29, 0.717) is 28.2 Å². The third-order valence-electron chi connectivity index (χ3n) is 3.41. The van der Waals surface area contributed by atoms with Crippen LogP contribution < -0.4 is 10.1 Å². The number of nitrogens with zero attached hydrogens (tertiary/aromatic N) is 2. The zero-order valence-corrected chi connectivity index (χ0v) is 14.7. The Morgan fingerprint density at radius 3 is 2.68 bits per heavy atom. The van der Waals surface area contributed by atoms with E-state index in [1.165, 1.54) is 0 Å². The van der Waals surface area contributed by atoms with Crippen LogP contribution in [0.2, 0.25) is 10.0 Å². The SMILES string of the molecule is O=C(COc1ccc(Cl)cc1Cl)Nc1ccnn1Cc1ccccc1. The number of hydrogen-bond acceptors (Lipinski definition) is 3. The second kappa shape index (κ2) is 8.05. The lowest BCUT2D eigenvalue weighted by molar-refractivity contribution is -0.118. The Morgan fingerprint density at radius 1 is 1.12 bits per heavy atom. The standard InChI is InChI=1S/C18H15Cl2N3O2/c19-14-6-7-16(15(20)10-14)25-12-18(24)22-17-8-9-21-23(17)11-13-4-2-1-3-5-13/h1-10H,11-12H2,(H,22,24). The van der Waals surface area contributed by atoms with Gasteiger partial charge in [0.25, 0.3) is 5.91 Å². The van der Waals surface area contributed by atoms with Crippen LogP contribution in [0.1, 0.15) is 5.56 Å². The molecule has 25 heavy (non-hydrogen) atoms. The van der Waals surface area contributed by atoms with Gasteiger partial charge in [-0.05, 0) is 23.8 Å². The number of rotatable bonds is 6. The monoisotopic (exact) mass is 375 g/mol. The number of benzene rings is 2. The summed E-state index contributed by atoms with van der Waals surface area (Å²) in [5, 5.41) is 7.87. The van der Waals surface area contributed by atoms with Crippen molar-refractivity contribution in [1.82, 2.24) is 9.78 Å². The lowest BCUT2D eigenvalue weighted by Gasteiger charge is -2.11. The zero-order chi connectivity index (χ0) is 17.6. The molecule has 128 valence electrons. The largest absolute Gasteiger partial charge is 0.482 e. The van der Waals surface area contributed by atoms with E-state index in [4.69, 9.17) is 27.9 Å². The number of hydrogen-bond donors (Lipinski definition) is 1. The smallest absolute Gasteiger partial charge is 0.263 e. The van der Waals surface area contributed by atoms with Crippen molar-refractivity contribution >= 4 is 34.9 Å². The molecule has 7 heteroatoms. The third kappa shape index (κ3) is 4.75. The van der Waals surface area contributed by atoms with Crippen LogP contribution in [0, 0.1) is 0 Å². The minimum Gasteiger partial charge on any atom is -0.482 e. The van der Waals surface area contributed by atoms with Crippen molar-refractivity contribution in [3.63, 3.8) is 0 Å². The number of amides is 1. The molecule has 0 unspecified atom stereocenters. The molecule has 1 N–H and O–H groups in total. The number of carbonyl (C=O) groups is 1. The van der Waals surface area contributed by atoms with Crippen LogP contribution in [-0.4, -0.2) is 22.3 Å². The first-order valence-electron chi connectivity index (χ1n) is 7.55. The lowest BCUT2D eigenvalue weighted by Crippen LogP contribution is -2.22. The Morgan fingerprint density at radius 2 is 1.92 bits per heavy atom. The van der Waals surface area contributed by atoms with Gasteiger partial charge in [0.05, 0.1) is 17.8 Å². The quantitative estimate of drug-likeness (QED) is 0.700. The van der Waals surface area contributed by atoms with Gasteiger partial charge in [-0.2, -0.15) is 5.10 Å². The number of nitrogens with one attached hydrogen (secondary N) is 1. The Bertz CT molecular complexity index is 866. The maximum atomic E-state index is 12.1. The van der Waals surface area contributed by atoms with Crippen LogP contribution in [0.4, 0.5) is 5.82 Å². The van der Waals surface area contributed by atoms with Gasteiger partial charge >= 0.3 is 0 Å². The first kappa shape index (κ1) is 17.3. The molecule has 3 aromatic rings. The molecular weight excluding hydrogens is 361 g/mol. The Labute approximate surface area is 155 Å². The summed E-state index contributed by atoms with van der Waals surface area (Å²) in [6, 6.07) is 16.4. The van der Waals surface area contributed by atoms with Gasteiger partial charge in [0.1, 0.15) is 11.6 Å². The van der Waals surface area contributed by atoms with E-state index in [0.717, 1.165) is 5.56 Å². The van der Waals surface area contributed by atoms with Crippen LogP contribution >= 0.6 is 23.2 Å². The second-order valence-electron chi connectivity index (χ2n) is 5.27. The van der Waals surface area contributed by atoms with Gasteiger partial charge in [0.2, 0.25) is 0 Å². The molecule has 2 aromatic carbocycles. The fraction of sp³-hybridized carbons (Fsp3) is 0.111. The number of carbonyl (C=O) groups excluding carboxylic acids is 1. The van der Waals surface area contributed by atoms with Gasteiger partial charge in [-0.1, -0.05) is 53.5 Å². The summed E-state index contributed by atoms with van der Waals surface area (Å²) < 4.78 is 7.14. The summed E-state index contributed by atoms with van der Waals surface area (Å²) in [7, 11) is 0. The Kier molecular flexibility index (Phi) is 5.58. The molecule has 0 spiro atoms. The predicted octanol–water partition coefficient (Wildman–Crippen LogP) is 4.26. The van der Waals surface area contributed by atoms with E-state index in [-0.39, 0.29) is 12.5 Å². The maximum absolute atomic E-state index is 12.1. The fourth-order valence-electron chi connectivity index (χ4n) is 2.24. The van der Waals surface area contributed by atoms with Gasteiger partial charge in [-0.3, -0.25) is 4.79 Å². The zero-order valence-electron chi connectivity index (χ0n) is 13.2. The van der Waals surface area contributed by atoms with Crippen LogP contribution in [0.3, 0.4) is 0 Å². The van der Waals surface area contributed by atoms with Gasteiger partial charge < -0.3 is 10.1 Å². The third-order valence-corrected chi connectivity index (χ3v) is 3.94. The van der Waals surface area contributed by atoms with Crippen molar-refractivity contribution in [2.45, 2.75) is 6.54 Å². The van der Waals surface area contributed by atoms with E-state index in [9.17, 15) is 4.79 Å². The lowest BCUT2D eigenvalue weighted by atomic mass is 10.2. The number of halogens is 2. The second-order valence-corrected chi connectivity index (χ2v) is 6.11. The number of ether oxygens (including phenoxy) is 1. The molecule has 0 aliphatic carbocycles. The summed E-state index contributed by atoms with van der Waals surface area (Å²) in [6.07, 6.45) is 1.63. The molecule has 1 aromatic heterocycles. The highest BCUT2D eigenvalue weighted by atomic mass is 35.5. The summed E-state index contributed by atoms with van der Waals surface area (Å²) in [6.45, 7) is 0.394. The Balaban J connectivity index is 1.59. The molecule has 0 fully saturated rings. The van der Waals surface area contributed by atoms with E-state index >= 15 is 0 Å². The highest BCUT2D eigenvalue weighted by Gasteiger charge is 2.10. The topological polar surface area (TPSA) is 56.1 Å². The van der Waals surface area contributed by atoms with Crippen LogP contribution in [0.25, 0.3) is 0 Å². The molecule has 0 saturated heterocycles. The summed E-state index contributed by atoms with van der Waals surface area (Å²) in [4.78, 5) is 12.1. The summed E-state index contributed by atoms with van der Waals surface area (Å²) in [5.74, 6) is 0.694. The van der Waals surface area contributed by atoms with Gasteiger partial charge in [0, 0.05) is 11.1 Å². The fourth-order valence-corrected chi connectivity index (χ4v) is 2.70. The van der Waals surface area contributed by atoms with Crippen molar-refractivity contribution < 1.29 is 9.53 Å². The van der Waals surface area contributed by atoms with Crippen molar-refractivity contribution in [2.75, 3.05) is 11.9 Å². The molecular formula is C18H15Cl2N3O2. The molecule has 0 bridgehead atoms. The van der Waals surface area contributed by atoms with Gasteiger partial charge in [0.15, 0.2) is 6.61 Å². The van der Waals surface area contributed by atoms with Gasteiger partial charge in [-0.25, -0.2) is 4.68 Å². The van der Waals surface area contributed by atoms with Crippen molar-refractivity contribution in [3.8, 4) is 5.75 Å². The van der Waals surface area contributed by atoms with E-state index in [1.807, 2.05) is 30.3 Å². The van der Waals surface area contributed by atoms with Crippen molar-refractivity contribution in [2.24, 2.45) is 0 Å². The molecule has 0 atom stereocenters. The average Bonchev–Trinajstić information content (AvgIpc) is 3.02. The number of aromatic nitrogens is 2. The molecule has 1 amide bonds. The van der Waals surface area contributed by atoms with Crippen molar-refractivity contribution in [1.29, 1.82) is 0 Å². The van der Waals surface area contributed by atoms with Crippen LogP contribution in [-0.2, 0) is 11.3 Å². The maximum Gasteiger partial charge on any atom is 0.263 e. The summed E-state index contributed by atoms with van der Waals surface area (Å²) in [5.41, 5.74) is 1.09. The minimum absolute atomic E-state index is 0.169. The molecule has 0 radical (unpaired) electrons. The molecule has 1 heterocycles. The summed E-state index contributed by atoms with van der Waals surface area (Å²) >= 11 is 11.8. The molecule has 0 saturated carbocycles. The predicted molar refractivity (Wildman–Crippen MR) is 98.4 cm³/mol. The van der Waals surface area contributed by atoms with Crippen molar-refractivity contribution in [3.05, 3.63) is 76.4 Å². The van der Waals surface area contributed by atoms with Crippen LogP contribution in [0.5, 0.6) is 5.75 Å². The van der Waals surface area contributed by atoms with E-state index in [2.05, 4.69) is 10.4 Å². The first-order valence-corrected chi connectivity index (χ1v) is 8.31. The number of anilines is 1. The Hall–Kier alpha value is -2.50. The van der Waals surface area contributed by atoms with E-state index in [1.54, 1.807) is 35.1 Å².